The zero-order valence-corrected chi connectivity index (χ0v) is 9.53. The average molecular weight is 219 g/mol. The predicted molar refractivity (Wildman–Crippen MR) is 64.8 cm³/mol. The third-order valence-corrected chi connectivity index (χ3v) is 2.01. The van der Waals surface area contributed by atoms with Crippen molar-refractivity contribution in [1.82, 2.24) is 0 Å². The molecule has 3 heteroatoms. The molecule has 1 aromatic carbocycles. The molecular formula is C13H17NO2. The number of rotatable bonds is 6. The Kier molecular flexibility index (Phi) is 4.73. The van der Waals surface area contributed by atoms with E-state index >= 15 is 0 Å². The summed E-state index contributed by atoms with van der Waals surface area (Å²) >= 11 is 0. The number of Topliss-reactive ketones (excluding diaryl/α,β-unsaturated/α-hetero) is 1. The molecule has 86 valence electrons. The van der Waals surface area contributed by atoms with Gasteiger partial charge in [-0.05, 0) is 31.2 Å². The summed E-state index contributed by atoms with van der Waals surface area (Å²) in [5, 5.41) is 0. The highest BCUT2D eigenvalue weighted by Gasteiger charge is 2.05. The topological polar surface area (TPSA) is 52.3 Å². The van der Waals surface area contributed by atoms with Crippen molar-refractivity contribution >= 4 is 5.78 Å². The van der Waals surface area contributed by atoms with Crippen molar-refractivity contribution in [2.24, 2.45) is 5.73 Å². The highest BCUT2D eigenvalue weighted by molar-refractivity contribution is 5.96. The van der Waals surface area contributed by atoms with Crippen molar-refractivity contribution < 1.29 is 9.53 Å². The van der Waals surface area contributed by atoms with Gasteiger partial charge in [-0.15, -0.1) is 0 Å². The van der Waals surface area contributed by atoms with Gasteiger partial charge in [0, 0.05) is 12.0 Å². The standard InChI is InChI=1S/C13H17NO2/c1-10(2)9-16-12-5-3-4-11(8-12)13(15)6-7-14/h3-5,8H,1,6-7,9,14H2,2H3. The molecule has 0 bridgehead atoms. The number of ketones is 1. The van der Waals surface area contributed by atoms with Gasteiger partial charge in [0.05, 0.1) is 0 Å². The number of nitrogens with two attached hydrogens (primary N) is 1. The summed E-state index contributed by atoms with van der Waals surface area (Å²) in [4.78, 5) is 11.6. The number of ether oxygens (including phenoxy) is 1. The Morgan fingerprint density at radius 3 is 2.88 bits per heavy atom. The van der Waals surface area contributed by atoms with Gasteiger partial charge in [-0.1, -0.05) is 18.7 Å². The van der Waals surface area contributed by atoms with E-state index < -0.39 is 0 Å². The van der Waals surface area contributed by atoms with Crippen LogP contribution >= 0.6 is 0 Å². The van der Waals surface area contributed by atoms with Gasteiger partial charge in [-0.2, -0.15) is 0 Å². The second-order valence-electron chi connectivity index (χ2n) is 3.74. The minimum Gasteiger partial charge on any atom is -0.489 e. The number of carbonyl (C=O) groups excluding carboxylic acids is 1. The molecule has 0 saturated heterocycles. The van der Waals surface area contributed by atoms with Crippen LogP contribution in [0.2, 0.25) is 0 Å². The Balaban J connectivity index is 2.70. The van der Waals surface area contributed by atoms with Gasteiger partial charge in [0.1, 0.15) is 12.4 Å². The molecule has 0 radical (unpaired) electrons. The first kappa shape index (κ1) is 12.5. The van der Waals surface area contributed by atoms with E-state index in [4.69, 9.17) is 10.5 Å². The lowest BCUT2D eigenvalue weighted by atomic mass is 10.1. The Hall–Kier alpha value is -1.61. The minimum atomic E-state index is 0.0447. The highest BCUT2D eigenvalue weighted by atomic mass is 16.5. The van der Waals surface area contributed by atoms with Gasteiger partial charge in [-0.25, -0.2) is 0 Å². The summed E-state index contributed by atoms with van der Waals surface area (Å²) in [6.07, 6.45) is 0.365. The molecule has 0 unspecified atom stereocenters. The summed E-state index contributed by atoms with van der Waals surface area (Å²) in [5.74, 6) is 0.731. The quantitative estimate of drug-likeness (QED) is 0.589. The molecule has 0 aromatic heterocycles. The first-order valence-corrected chi connectivity index (χ1v) is 5.24. The van der Waals surface area contributed by atoms with E-state index in [-0.39, 0.29) is 5.78 Å². The molecule has 0 aliphatic heterocycles. The first-order valence-electron chi connectivity index (χ1n) is 5.24. The molecule has 1 rings (SSSR count). The van der Waals surface area contributed by atoms with Crippen LogP contribution in [0.3, 0.4) is 0 Å². The fourth-order valence-electron chi connectivity index (χ4n) is 1.24. The predicted octanol–water partition coefficient (Wildman–Crippen LogP) is 2.17. The smallest absolute Gasteiger partial charge is 0.164 e. The van der Waals surface area contributed by atoms with E-state index in [1.165, 1.54) is 0 Å². The molecule has 0 heterocycles. The van der Waals surface area contributed by atoms with Crippen molar-refractivity contribution in [3.8, 4) is 5.75 Å². The maximum atomic E-state index is 11.6. The summed E-state index contributed by atoms with van der Waals surface area (Å²) < 4.78 is 5.45. The van der Waals surface area contributed by atoms with Crippen LogP contribution < -0.4 is 10.5 Å². The van der Waals surface area contributed by atoms with Crippen LogP contribution in [0.5, 0.6) is 5.75 Å². The maximum absolute atomic E-state index is 11.6. The van der Waals surface area contributed by atoms with Crippen molar-refractivity contribution in [2.75, 3.05) is 13.2 Å². The van der Waals surface area contributed by atoms with E-state index in [2.05, 4.69) is 6.58 Å². The van der Waals surface area contributed by atoms with Crippen LogP contribution in [0.4, 0.5) is 0 Å². The third kappa shape index (κ3) is 3.87. The summed E-state index contributed by atoms with van der Waals surface area (Å²) in [5.41, 5.74) is 6.93. The molecule has 1 aromatic rings. The lowest BCUT2D eigenvalue weighted by Crippen LogP contribution is -2.08. The Morgan fingerprint density at radius 2 is 2.25 bits per heavy atom. The number of carbonyl (C=O) groups is 1. The Labute approximate surface area is 95.9 Å². The largest absolute Gasteiger partial charge is 0.489 e. The second-order valence-corrected chi connectivity index (χ2v) is 3.74. The fourth-order valence-corrected chi connectivity index (χ4v) is 1.24. The third-order valence-electron chi connectivity index (χ3n) is 2.01. The molecule has 0 aliphatic carbocycles. The fraction of sp³-hybridized carbons (Fsp3) is 0.308. The van der Waals surface area contributed by atoms with Crippen molar-refractivity contribution in [3.05, 3.63) is 42.0 Å². The van der Waals surface area contributed by atoms with Crippen LogP contribution in [-0.4, -0.2) is 18.9 Å². The second kappa shape index (κ2) is 6.08. The molecule has 0 fully saturated rings. The molecule has 0 saturated carbocycles. The van der Waals surface area contributed by atoms with Crippen LogP contribution in [-0.2, 0) is 0 Å². The van der Waals surface area contributed by atoms with E-state index in [0.717, 1.165) is 5.57 Å². The van der Waals surface area contributed by atoms with Crippen molar-refractivity contribution in [3.63, 3.8) is 0 Å². The van der Waals surface area contributed by atoms with Crippen LogP contribution in [0.25, 0.3) is 0 Å². The van der Waals surface area contributed by atoms with E-state index in [0.29, 0.717) is 30.9 Å². The number of benzene rings is 1. The monoisotopic (exact) mass is 219 g/mol. The van der Waals surface area contributed by atoms with Gasteiger partial charge in [0.25, 0.3) is 0 Å². The molecule has 0 spiro atoms. The molecule has 0 amide bonds. The van der Waals surface area contributed by atoms with Gasteiger partial charge in [0.15, 0.2) is 5.78 Å². The summed E-state index contributed by atoms with van der Waals surface area (Å²) in [6.45, 7) is 6.48. The van der Waals surface area contributed by atoms with E-state index in [9.17, 15) is 4.79 Å². The zero-order chi connectivity index (χ0) is 12.0. The lowest BCUT2D eigenvalue weighted by molar-refractivity contribution is 0.0985. The zero-order valence-electron chi connectivity index (χ0n) is 9.53. The summed E-state index contributed by atoms with van der Waals surface area (Å²) in [6, 6.07) is 7.13. The maximum Gasteiger partial charge on any atom is 0.164 e. The Bertz CT molecular complexity index is 385. The number of hydrogen-bond donors (Lipinski definition) is 1. The Morgan fingerprint density at radius 1 is 1.50 bits per heavy atom. The van der Waals surface area contributed by atoms with Gasteiger partial charge < -0.3 is 10.5 Å². The van der Waals surface area contributed by atoms with Crippen LogP contribution in [0.15, 0.2) is 36.4 Å². The van der Waals surface area contributed by atoms with Crippen LogP contribution in [0, 0.1) is 0 Å². The van der Waals surface area contributed by atoms with Crippen LogP contribution in [0.1, 0.15) is 23.7 Å². The van der Waals surface area contributed by atoms with E-state index in [1.54, 1.807) is 18.2 Å². The minimum absolute atomic E-state index is 0.0447. The normalized spacial score (nSPS) is 9.88. The van der Waals surface area contributed by atoms with Crippen molar-refractivity contribution in [1.29, 1.82) is 0 Å². The SMILES string of the molecule is C=C(C)COc1cccc(C(=O)CCN)c1. The van der Waals surface area contributed by atoms with E-state index in [1.807, 2.05) is 13.0 Å². The molecule has 2 N–H and O–H groups in total. The van der Waals surface area contributed by atoms with Crippen molar-refractivity contribution in [2.45, 2.75) is 13.3 Å². The summed E-state index contributed by atoms with van der Waals surface area (Å²) in [7, 11) is 0. The van der Waals surface area contributed by atoms with Gasteiger partial charge in [0.2, 0.25) is 0 Å². The first-order chi connectivity index (χ1) is 7.63. The molecule has 16 heavy (non-hydrogen) atoms. The average Bonchev–Trinajstić information content (AvgIpc) is 2.27. The molecular weight excluding hydrogens is 202 g/mol. The highest BCUT2D eigenvalue weighted by Crippen LogP contribution is 2.15. The van der Waals surface area contributed by atoms with Gasteiger partial charge >= 0.3 is 0 Å². The molecule has 0 aliphatic rings. The lowest BCUT2D eigenvalue weighted by Gasteiger charge is -2.07. The van der Waals surface area contributed by atoms with Gasteiger partial charge in [-0.3, -0.25) is 4.79 Å². The molecule has 3 nitrogen and oxygen atoms in total. The molecule has 0 atom stereocenters. The number of hydrogen-bond acceptors (Lipinski definition) is 3.